The molecular formula is C7H12N2. The van der Waals surface area contributed by atoms with Gasteiger partial charge in [0.2, 0.25) is 0 Å². The molecule has 0 aromatic carbocycles. The second-order valence-electron chi connectivity index (χ2n) is 2.99. The van der Waals surface area contributed by atoms with Crippen molar-refractivity contribution in [3.8, 4) is 0 Å². The molecule has 0 saturated carbocycles. The Hall–Kier alpha value is -0.500. The standard InChI is InChI=1S/C7H12N2/c8-6-3-1-2-4-7(6)5-9-7/h3,9H,1-2,4-5,8H2. The lowest BCUT2D eigenvalue weighted by atomic mass is 9.93. The van der Waals surface area contributed by atoms with Crippen molar-refractivity contribution in [3.05, 3.63) is 11.8 Å². The number of hydrogen-bond acceptors (Lipinski definition) is 2. The van der Waals surface area contributed by atoms with Crippen LogP contribution >= 0.6 is 0 Å². The first-order valence-electron chi connectivity index (χ1n) is 3.55. The molecule has 0 amide bonds. The van der Waals surface area contributed by atoms with Crippen molar-refractivity contribution in [3.63, 3.8) is 0 Å². The van der Waals surface area contributed by atoms with Crippen LogP contribution in [0, 0.1) is 0 Å². The Morgan fingerprint density at radius 2 is 2.44 bits per heavy atom. The molecule has 1 spiro atoms. The van der Waals surface area contributed by atoms with Crippen molar-refractivity contribution in [1.82, 2.24) is 5.32 Å². The first-order chi connectivity index (χ1) is 4.33. The summed E-state index contributed by atoms with van der Waals surface area (Å²) in [5.74, 6) is 0. The predicted molar refractivity (Wildman–Crippen MR) is 36.9 cm³/mol. The van der Waals surface area contributed by atoms with E-state index in [1.165, 1.54) is 19.3 Å². The molecule has 1 fully saturated rings. The minimum absolute atomic E-state index is 0.276. The summed E-state index contributed by atoms with van der Waals surface area (Å²) in [5, 5.41) is 3.31. The lowest BCUT2D eigenvalue weighted by molar-refractivity contribution is 0.577. The average molecular weight is 124 g/mol. The maximum Gasteiger partial charge on any atom is 0.0705 e. The van der Waals surface area contributed by atoms with E-state index in [1.807, 2.05) is 0 Å². The molecule has 1 aliphatic heterocycles. The summed E-state index contributed by atoms with van der Waals surface area (Å²) in [6.45, 7) is 1.11. The van der Waals surface area contributed by atoms with Gasteiger partial charge >= 0.3 is 0 Å². The van der Waals surface area contributed by atoms with Crippen molar-refractivity contribution < 1.29 is 0 Å². The highest BCUT2D eigenvalue weighted by molar-refractivity contribution is 5.28. The highest BCUT2D eigenvalue weighted by atomic mass is 15.2. The highest BCUT2D eigenvalue weighted by Gasteiger charge is 2.44. The largest absolute Gasteiger partial charge is 0.401 e. The predicted octanol–water partition coefficient (Wildman–Crippen LogP) is 0.355. The topological polar surface area (TPSA) is 48.0 Å². The summed E-state index contributed by atoms with van der Waals surface area (Å²) >= 11 is 0. The first kappa shape index (κ1) is 5.30. The molecule has 1 unspecified atom stereocenters. The van der Waals surface area contributed by atoms with Crippen LogP contribution in [-0.2, 0) is 0 Å². The maximum atomic E-state index is 5.77. The number of rotatable bonds is 0. The zero-order chi connectivity index (χ0) is 6.32. The monoisotopic (exact) mass is 124 g/mol. The third kappa shape index (κ3) is 0.663. The van der Waals surface area contributed by atoms with Crippen molar-refractivity contribution in [2.24, 2.45) is 5.73 Å². The van der Waals surface area contributed by atoms with E-state index >= 15 is 0 Å². The minimum atomic E-state index is 0.276. The molecule has 2 heteroatoms. The van der Waals surface area contributed by atoms with Gasteiger partial charge in [0.1, 0.15) is 0 Å². The molecular weight excluding hydrogens is 112 g/mol. The van der Waals surface area contributed by atoms with E-state index in [4.69, 9.17) is 5.73 Å². The van der Waals surface area contributed by atoms with Crippen LogP contribution in [0.1, 0.15) is 19.3 Å². The molecule has 0 radical (unpaired) electrons. The minimum Gasteiger partial charge on any atom is -0.401 e. The Labute approximate surface area is 55.1 Å². The fourth-order valence-corrected chi connectivity index (χ4v) is 1.49. The van der Waals surface area contributed by atoms with E-state index < -0.39 is 0 Å². The SMILES string of the molecule is NC1=CCCCC12CN2. The van der Waals surface area contributed by atoms with Gasteiger partial charge < -0.3 is 11.1 Å². The fraction of sp³-hybridized carbons (Fsp3) is 0.714. The molecule has 9 heavy (non-hydrogen) atoms. The van der Waals surface area contributed by atoms with Crippen molar-refractivity contribution in [2.75, 3.05) is 6.54 Å². The fourth-order valence-electron chi connectivity index (χ4n) is 1.49. The molecule has 0 aromatic heterocycles. The van der Waals surface area contributed by atoms with E-state index in [2.05, 4.69) is 11.4 Å². The maximum absolute atomic E-state index is 5.77. The molecule has 1 aliphatic carbocycles. The van der Waals surface area contributed by atoms with E-state index in [0.29, 0.717) is 0 Å². The quantitative estimate of drug-likeness (QED) is 0.458. The molecule has 1 saturated heterocycles. The number of nitrogens with two attached hydrogens (primary N) is 1. The molecule has 2 aliphatic rings. The van der Waals surface area contributed by atoms with E-state index in [1.54, 1.807) is 0 Å². The Bertz CT molecular complexity index is 156. The summed E-state index contributed by atoms with van der Waals surface area (Å²) < 4.78 is 0. The molecule has 1 atom stereocenters. The smallest absolute Gasteiger partial charge is 0.0705 e. The second kappa shape index (κ2) is 1.51. The zero-order valence-corrected chi connectivity index (χ0v) is 5.48. The van der Waals surface area contributed by atoms with E-state index in [0.717, 1.165) is 12.2 Å². The zero-order valence-electron chi connectivity index (χ0n) is 5.48. The third-order valence-electron chi connectivity index (χ3n) is 2.33. The summed E-state index contributed by atoms with van der Waals surface area (Å²) in [4.78, 5) is 0. The molecule has 1 heterocycles. The summed E-state index contributed by atoms with van der Waals surface area (Å²) in [5.41, 5.74) is 7.13. The summed E-state index contributed by atoms with van der Waals surface area (Å²) in [6, 6.07) is 0. The van der Waals surface area contributed by atoms with Crippen LogP contribution in [0.3, 0.4) is 0 Å². The number of allylic oxidation sites excluding steroid dienone is 1. The van der Waals surface area contributed by atoms with Crippen LogP contribution in [0.2, 0.25) is 0 Å². The van der Waals surface area contributed by atoms with Gasteiger partial charge in [0.15, 0.2) is 0 Å². The van der Waals surface area contributed by atoms with Gasteiger partial charge in [0, 0.05) is 12.2 Å². The summed E-state index contributed by atoms with van der Waals surface area (Å²) in [7, 11) is 0. The Kier molecular flexibility index (Phi) is 0.887. The van der Waals surface area contributed by atoms with Gasteiger partial charge in [0.25, 0.3) is 0 Å². The molecule has 3 N–H and O–H groups in total. The molecule has 0 aromatic rings. The van der Waals surface area contributed by atoms with Crippen LogP contribution in [-0.4, -0.2) is 12.1 Å². The van der Waals surface area contributed by atoms with Crippen molar-refractivity contribution in [1.29, 1.82) is 0 Å². The molecule has 0 bridgehead atoms. The van der Waals surface area contributed by atoms with Crippen LogP contribution in [0.4, 0.5) is 0 Å². The highest BCUT2D eigenvalue weighted by Crippen LogP contribution is 2.33. The van der Waals surface area contributed by atoms with Gasteiger partial charge in [-0.05, 0) is 19.3 Å². The second-order valence-corrected chi connectivity index (χ2v) is 2.99. The van der Waals surface area contributed by atoms with Gasteiger partial charge in [-0.2, -0.15) is 0 Å². The van der Waals surface area contributed by atoms with E-state index in [9.17, 15) is 0 Å². The Morgan fingerprint density at radius 1 is 1.67 bits per heavy atom. The van der Waals surface area contributed by atoms with Crippen LogP contribution < -0.4 is 11.1 Å². The van der Waals surface area contributed by atoms with Crippen molar-refractivity contribution >= 4 is 0 Å². The van der Waals surface area contributed by atoms with E-state index in [-0.39, 0.29) is 5.54 Å². The first-order valence-corrected chi connectivity index (χ1v) is 3.55. The summed E-state index contributed by atoms with van der Waals surface area (Å²) in [6.07, 6.45) is 5.88. The Balaban J connectivity index is 2.22. The molecule has 2 rings (SSSR count). The van der Waals surface area contributed by atoms with Gasteiger partial charge in [-0.1, -0.05) is 6.08 Å². The number of nitrogens with one attached hydrogen (secondary N) is 1. The van der Waals surface area contributed by atoms with Crippen LogP contribution in [0.15, 0.2) is 11.8 Å². The average Bonchev–Trinajstić information content (AvgIpc) is 2.60. The lowest BCUT2D eigenvalue weighted by Crippen LogP contribution is -2.27. The Morgan fingerprint density at radius 3 is 2.89 bits per heavy atom. The molecule has 2 nitrogen and oxygen atoms in total. The van der Waals surface area contributed by atoms with Gasteiger partial charge in [-0.3, -0.25) is 0 Å². The van der Waals surface area contributed by atoms with Gasteiger partial charge in [0.05, 0.1) is 5.54 Å². The van der Waals surface area contributed by atoms with Crippen LogP contribution in [0.25, 0.3) is 0 Å². The van der Waals surface area contributed by atoms with Crippen molar-refractivity contribution in [2.45, 2.75) is 24.8 Å². The van der Waals surface area contributed by atoms with Gasteiger partial charge in [-0.15, -0.1) is 0 Å². The van der Waals surface area contributed by atoms with Gasteiger partial charge in [-0.25, -0.2) is 0 Å². The van der Waals surface area contributed by atoms with Crippen LogP contribution in [0.5, 0.6) is 0 Å². The number of hydrogen-bond donors (Lipinski definition) is 2. The third-order valence-corrected chi connectivity index (χ3v) is 2.33. The normalized spacial score (nSPS) is 40.7. The lowest BCUT2D eigenvalue weighted by Gasteiger charge is -2.17. The molecule has 50 valence electrons.